The van der Waals surface area contributed by atoms with Crippen LogP contribution in [-0.2, 0) is 0 Å². The van der Waals surface area contributed by atoms with Crippen LogP contribution in [0, 0.1) is 11.6 Å². The molecule has 19 heavy (non-hydrogen) atoms. The number of carbonyl (C=O) groups is 1. The Morgan fingerprint density at radius 2 is 2.16 bits per heavy atom. The zero-order valence-corrected chi connectivity index (χ0v) is 9.77. The number of nitrogens with one attached hydrogen (secondary N) is 1. The van der Waals surface area contributed by atoms with E-state index in [4.69, 9.17) is 4.42 Å². The van der Waals surface area contributed by atoms with Gasteiger partial charge in [-0.3, -0.25) is 4.79 Å². The van der Waals surface area contributed by atoms with Gasteiger partial charge in [0.05, 0.1) is 18.4 Å². The summed E-state index contributed by atoms with van der Waals surface area (Å²) in [7, 11) is 0. The normalized spacial score (nSPS) is 12.2. The van der Waals surface area contributed by atoms with E-state index in [9.17, 15) is 18.7 Å². The molecule has 0 aliphatic carbocycles. The van der Waals surface area contributed by atoms with Crippen molar-refractivity contribution in [2.24, 2.45) is 0 Å². The van der Waals surface area contributed by atoms with Gasteiger partial charge in [0.2, 0.25) is 0 Å². The van der Waals surface area contributed by atoms with Crippen molar-refractivity contribution in [1.29, 1.82) is 0 Å². The van der Waals surface area contributed by atoms with Crippen molar-refractivity contribution in [3.05, 3.63) is 59.6 Å². The molecule has 0 spiro atoms. The molecule has 1 atom stereocenters. The van der Waals surface area contributed by atoms with E-state index >= 15 is 0 Å². The molecule has 2 aromatic rings. The number of halogens is 2. The van der Waals surface area contributed by atoms with Gasteiger partial charge in [-0.15, -0.1) is 0 Å². The zero-order valence-electron chi connectivity index (χ0n) is 9.77. The number of hydrogen-bond donors (Lipinski definition) is 2. The van der Waals surface area contributed by atoms with Crippen molar-refractivity contribution in [3.63, 3.8) is 0 Å². The summed E-state index contributed by atoms with van der Waals surface area (Å²) in [6.45, 7) is -0.401. The second kappa shape index (κ2) is 5.62. The number of furan rings is 1. The molecule has 1 unspecified atom stereocenters. The average Bonchev–Trinajstić information content (AvgIpc) is 2.89. The molecule has 0 radical (unpaired) electrons. The van der Waals surface area contributed by atoms with Gasteiger partial charge in [-0.25, -0.2) is 8.78 Å². The van der Waals surface area contributed by atoms with E-state index in [-0.39, 0.29) is 5.56 Å². The molecule has 1 aromatic carbocycles. The molecule has 2 rings (SSSR count). The highest BCUT2D eigenvalue weighted by Crippen LogP contribution is 2.15. The first kappa shape index (κ1) is 13.2. The second-order valence-corrected chi connectivity index (χ2v) is 3.85. The summed E-state index contributed by atoms with van der Waals surface area (Å²) in [4.78, 5) is 11.8. The highest BCUT2D eigenvalue weighted by atomic mass is 19.1. The van der Waals surface area contributed by atoms with E-state index in [1.165, 1.54) is 6.26 Å². The lowest BCUT2D eigenvalue weighted by Gasteiger charge is -2.14. The van der Waals surface area contributed by atoms with Crippen molar-refractivity contribution in [2.75, 3.05) is 6.61 Å². The monoisotopic (exact) mass is 267 g/mol. The number of amides is 1. The second-order valence-electron chi connectivity index (χ2n) is 3.85. The molecule has 6 heteroatoms. The Morgan fingerprint density at radius 3 is 2.74 bits per heavy atom. The third-order valence-corrected chi connectivity index (χ3v) is 2.55. The molecule has 0 bridgehead atoms. The van der Waals surface area contributed by atoms with Gasteiger partial charge in [-0.05, 0) is 24.3 Å². The van der Waals surface area contributed by atoms with Gasteiger partial charge in [0, 0.05) is 6.07 Å². The fourth-order valence-corrected chi connectivity index (χ4v) is 1.61. The van der Waals surface area contributed by atoms with Gasteiger partial charge in [-0.2, -0.15) is 0 Å². The van der Waals surface area contributed by atoms with E-state index in [2.05, 4.69) is 5.32 Å². The van der Waals surface area contributed by atoms with Crippen molar-refractivity contribution in [1.82, 2.24) is 5.32 Å². The van der Waals surface area contributed by atoms with Crippen LogP contribution in [0.3, 0.4) is 0 Å². The van der Waals surface area contributed by atoms with Crippen molar-refractivity contribution in [2.45, 2.75) is 6.04 Å². The molecule has 1 aromatic heterocycles. The Bertz CT molecular complexity index is 569. The zero-order chi connectivity index (χ0) is 13.8. The van der Waals surface area contributed by atoms with Crippen LogP contribution >= 0.6 is 0 Å². The van der Waals surface area contributed by atoms with Gasteiger partial charge >= 0.3 is 0 Å². The van der Waals surface area contributed by atoms with Crippen LogP contribution in [0.4, 0.5) is 8.78 Å². The Kier molecular flexibility index (Phi) is 3.91. The van der Waals surface area contributed by atoms with Gasteiger partial charge in [0.1, 0.15) is 23.4 Å². The van der Waals surface area contributed by atoms with Crippen LogP contribution in [0.1, 0.15) is 22.2 Å². The highest BCUT2D eigenvalue weighted by Gasteiger charge is 2.19. The van der Waals surface area contributed by atoms with E-state index in [0.717, 1.165) is 12.1 Å². The Labute approximate surface area is 107 Å². The van der Waals surface area contributed by atoms with Crippen LogP contribution < -0.4 is 5.32 Å². The molecule has 0 aliphatic rings. The first-order valence-corrected chi connectivity index (χ1v) is 5.52. The van der Waals surface area contributed by atoms with Crippen LogP contribution in [-0.4, -0.2) is 17.6 Å². The maximum Gasteiger partial charge on any atom is 0.254 e. The van der Waals surface area contributed by atoms with E-state index in [1.54, 1.807) is 12.1 Å². The largest absolute Gasteiger partial charge is 0.467 e. The fourth-order valence-electron chi connectivity index (χ4n) is 1.61. The predicted molar refractivity (Wildman–Crippen MR) is 62.4 cm³/mol. The summed E-state index contributed by atoms with van der Waals surface area (Å²) >= 11 is 0. The summed E-state index contributed by atoms with van der Waals surface area (Å²) in [6.07, 6.45) is 1.39. The topological polar surface area (TPSA) is 62.5 Å². The summed E-state index contributed by atoms with van der Waals surface area (Å²) in [5, 5.41) is 11.6. The molecule has 4 nitrogen and oxygen atoms in total. The van der Waals surface area contributed by atoms with Crippen LogP contribution in [0.2, 0.25) is 0 Å². The minimum Gasteiger partial charge on any atom is -0.467 e. The fraction of sp³-hybridized carbons (Fsp3) is 0.154. The molecule has 0 saturated heterocycles. The highest BCUT2D eigenvalue weighted by molar-refractivity contribution is 5.94. The first-order chi connectivity index (χ1) is 9.11. The number of aliphatic hydroxyl groups is 1. The molecular formula is C13H11F2NO3. The molecular weight excluding hydrogens is 256 g/mol. The third-order valence-electron chi connectivity index (χ3n) is 2.55. The van der Waals surface area contributed by atoms with Gasteiger partial charge < -0.3 is 14.8 Å². The third kappa shape index (κ3) is 2.97. The molecule has 100 valence electrons. The lowest BCUT2D eigenvalue weighted by atomic mass is 10.1. The minimum atomic E-state index is -0.964. The van der Waals surface area contributed by atoms with Gasteiger partial charge in [-0.1, -0.05) is 0 Å². The Hall–Kier alpha value is -2.21. The van der Waals surface area contributed by atoms with Crippen molar-refractivity contribution < 1.29 is 23.1 Å². The quantitative estimate of drug-likeness (QED) is 0.890. The Morgan fingerprint density at radius 1 is 1.37 bits per heavy atom. The number of benzene rings is 1. The van der Waals surface area contributed by atoms with Crippen molar-refractivity contribution >= 4 is 5.91 Å². The number of carbonyl (C=O) groups excluding carboxylic acids is 1. The SMILES string of the molecule is O=C(NC(CO)c1ccco1)c1ccc(F)cc1F. The standard InChI is InChI=1S/C13H11F2NO3/c14-8-3-4-9(10(15)6-8)13(18)16-11(7-17)12-2-1-5-19-12/h1-6,11,17H,7H2,(H,16,18). The summed E-state index contributed by atoms with van der Waals surface area (Å²) in [5.74, 6) is -2.14. The molecule has 1 amide bonds. The van der Waals surface area contributed by atoms with Crippen LogP contribution in [0.5, 0.6) is 0 Å². The molecule has 1 heterocycles. The number of rotatable bonds is 4. The summed E-state index contributed by atoms with van der Waals surface area (Å²) in [6, 6.07) is 5.03. The Balaban J connectivity index is 2.16. The van der Waals surface area contributed by atoms with E-state index in [0.29, 0.717) is 11.8 Å². The molecule has 2 N–H and O–H groups in total. The minimum absolute atomic E-state index is 0.300. The van der Waals surface area contributed by atoms with Crippen molar-refractivity contribution in [3.8, 4) is 0 Å². The number of aliphatic hydroxyl groups excluding tert-OH is 1. The molecule has 0 saturated carbocycles. The maximum absolute atomic E-state index is 13.4. The summed E-state index contributed by atoms with van der Waals surface area (Å²) in [5.41, 5.74) is -0.300. The first-order valence-electron chi connectivity index (χ1n) is 5.52. The average molecular weight is 267 g/mol. The smallest absolute Gasteiger partial charge is 0.254 e. The lowest BCUT2D eigenvalue weighted by molar-refractivity contribution is 0.0903. The molecule has 0 fully saturated rings. The summed E-state index contributed by atoms with van der Waals surface area (Å²) < 4.78 is 31.2. The van der Waals surface area contributed by atoms with Gasteiger partial charge in [0.25, 0.3) is 5.91 Å². The molecule has 0 aliphatic heterocycles. The lowest BCUT2D eigenvalue weighted by Crippen LogP contribution is -2.31. The van der Waals surface area contributed by atoms with Crippen LogP contribution in [0.15, 0.2) is 41.0 Å². The maximum atomic E-state index is 13.4. The van der Waals surface area contributed by atoms with E-state index < -0.39 is 30.2 Å². The van der Waals surface area contributed by atoms with E-state index in [1.807, 2.05) is 0 Å². The number of hydrogen-bond acceptors (Lipinski definition) is 3. The van der Waals surface area contributed by atoms with Crippen LogP contribution in [0.25, 0.3) is 0 Å². The van der Waals surface area contributed by atoms with Gasteiger partial charge in [0.15, 0.2) is 0 Å². The predicted octanol–water partition coefficient (Wildman–Crippen LogP) is 2.02.